The first-order valence-electron chi connectivity index (χ1n) is 5.16. The number of hydrogen-bond donors (Lipinski definition) is 0. The summed E-state index contributed by atoms with van der Waals surface area (Å²) in [5.41, 5.74) is 3.39. The first-order chi connectivity index (χ1) is 8.40. The van der Waals surface area contributed by atoms with E-state index in [1.54, 1.807) is 6.07 Å². The predicted molar refractivity (Wildman–Crippen MR) is 68.2 cm³/mol. The van der Waals surface area contributed by atoms with Crippen molar-refractivity contribution in [1.82, 2.24) is 9.59 Å². The van der Waals surface area contributed by atoms with Crippen molar-refractivity contribution in [2.75, 3.05) is 0 Å². The minimum absolute atomic E-state index is 0.674. The van der Waals surface area contributed by atoms with Gasteiger partial charge in [-0.1, -0.05) is 40.9 Å². The van der Waals surface area contributed by atoms with Gasteiger partial charge in [0.15, 0.2) is 6.29 Å². The first kappa shape index (κ1) is 10.1. The van der Waals surface area contributed by atoms with Gasteiger partial charge in [0.2, 0.25) is 0 Å². The third-order valence-corrected chi connectivity index (χ3v) is 3.35. The lowest BCUT2D eigenvalue weighted by molar-refractivity contribution is 0.112. The lowest BCUT2D eigenvalue weighted by Gasteiger charge is -2.04. The Morgan fingerprint density at radius 1 is 1.00 bits per heavy atom. The van der Waals surface area contributed by atoms with Crippen molar-refractivity contribution < 1.29 is 4.79 Å². The number of hydrogen-bond acceptors (Lipinski definition) is 4. The van der Waals surface area contributed by atoms with E-state index in [1.807, 2.05) is 36.4 Å². The van der Waals surface area contributed by atoms with Crippen LogP contribution >= 0.6 is 11.5 Å². The van der Waals surface area contributed by atoms with Gasteiger partial charge in [-0.15, -0.1) is 5.10 Å². The Labute approximate surface area is 102 Å². The van der Waals surface area contributed by atoms with E-state index in [-0.39, 0.29) is 0 Å². The monoisotopic (exact) mass is 240 g/mol. The molecule has 3 nitrogen and oxygen atoms in total. The molecule has 0 aliphatic rings. The van der Waals surface area contributed by atoms with Gasteiger partial charge in [-0.3, -0.25) is 4.79 Å². The molecular weight excluding hydrogens is 232 g/mol. The van der Waals surface area contributed by atoms with Crippen molar-refractivity contribution in [3.63, 3.8) is 0 Å². The number of carbonyl (C=O) groups excluding carboxylic acids is 1. The van der Waals surface area contributed by atoms with Crippen LogP contribution in [0.1, 0.15) is 10.4 Å². The SMILES string of the molecule is O=Cc1ccccc1-c1cccc2snnc12. The van der Waals surface area contributed by atoms with Crippen molar-refractivity contribution in [3.05, 3.63) is 48.0 Å². The van der Waals surface area contributed by atoms with E-state index in [1.165, 1.54) is 11.5 Å². The smallest absolute Gasteiger partial charge is 0.150 e. The molecule has 0 aliphatic carbocycles. The fourth-order valence-corrected chi connectivity index (χ4v) is 2.45. The quantitative estimate of drug-likeness (QED) is 0.646. The Hall–Kier alpha value is -2.07. The average molecular weight is 240 g/mol. The van der Waals surface area contributed by atoms with Gasteiger partial charge in [-0.2, -0.15) is 0 Å². The molecule has 0 amide bonds. The molecule has 4 heteroatoms. The Bertz CT molecular complexity index is 690. The maximum Gasteiger partial charge on any atom is 0.150 e. The van der Waals surface area contributed by atoms with Gasteiger partial charge >= 0.3 is 0 Å². The second kappa shape index (κ2) is 4.07. The van der Waals surface area contributed by atoms with E-state index in [9.17, 15) is 4.79 Å². The third-order valence-electron chi connectivity index (χ3n) is 2.66. The number of aldehydes is 1. The van der Waals surface area contributed by atoms with Gasteiger partial charge in [0.25, 0.3) is 0 Å². The number of aromatic nitrogens is 2. The van der Waals surface area contributed by atoms with Crippen LogP contribution in [0.2, 0.25) is 0 Å². The standard InChI is InChI=1S/C13H8N2OS/c16-8-9-4-1-2-5-10(9)11-6-3-7-12-13(11)14-15-17-12/h1-8H. The molecule has 0 saturated carbocycles. The maximum atomic E-state index is 11.0. The third kappa shape index (κ3) is 1.62. The molecule has 0 saturated heterocycles. The Balaban J connectivity index is 2.34. The van der Waals surface area contributed by atoms with Gasteiger partial charge < -0.3 is 0 Å². The lowest BCUT2D eigenvalue weighted by atomic mass is 10.00. The largest absolute Gasteiger partial charge is 0.298 e. The molecule has 0 unspecified atom stereocenters. The summed E-state index contributed by atoms with van der Waals surface area (Å²) in [6, 6.07) is 13.4. The Morgan fingerprint density at radius 3 is 2.71 bits per heavy atom. The summed E-state index contributed by atoms with van der Waals surface area (Å²) in [5, 5.41) is 4.12. The first-order valence-corrected chi connectivity index (χ1v) is 5.93. The fourth-order valence-electron chi connectivity index (χ4n) is 1.87. The highest BCUT2D eigenvalue weighted by molar-refractivity contribution is 7.13. The molecule has 2 aromatic carbocycles. The van der Waals surface area contributed by atoms with E-state index in [0.717, 1.165) is 27.6 Å². The highest BCUT2D eigenvalue weighted by atomic mass is 32.1. The normalized spacial score (nSPS) is 10.6. The molecule has 1 aromatic heterocycles. The van der Waals surface area contributed by atoms with Gasteiger partial charge in [0.1, 0.15) is 5.52 Å². The molecule has 3 rings (SSSR count). The highest BCUT2D eigenvalue weighted by Gasteiger charge is 2.09. The van der Waals surface area contributed by atoms with Crippen molar-refractivity contribution in [3.8, 4) is 11.1 Å². The molecule has 0 bridgehead atoms. The number of carbonyl (C=O) groups is 1. The molecule has 0 radical (unpaired) electrons. The fraction of sp³-hybridized carbons (Fsp3) is 0. The van der Waals surface area contributed by atoms with Gasteiger partial charge in [0, 0.05) is 11.1 Å². The molecule has 0 atom stereocenters. The van der Waals surface area contributed by atoms with Crippen molar-refractivity contribution in [2.24, 2.45) is 0 Å². The summed E-state index contributed by atoms with van der Waals surface area (Å²) in [4.78, 5) is 11.0. The van der Waals surface area contributed by atoms with E-state index >= 15 is 0 Å². The van der Waals surface area contributed by atoms with Gasteiger partial charge in [-0.25, -0.2) is 0 Å². The number of nitrogens with zero attached hydrogens (tertiary/aromatic N) is 2. The second-order valence-corrected chi connectivity index (χ2v) is 4.42. The minimum atomic E-state index is 0.674. The molecule has 0 spiro atoms. The van der Waals surface area contributed by atoms with E-state index < -0.39 is 0 Å². The van der Waals surface area contributed by atoms with Crippen molar-refractivity contribution >= 4 is 28.0 Å². The molecule has 0 fully saturated rings. The molecule has 3 aromatic rings. The van der Waals surface area contributed by atoms with Crippen molar-refractivity contribution in [1.29, 1.82) is 0 Å². The van der Waals surface area contributed by atoms with Crippen molar-refractivity contribution in [2.45, 2.75) is 0 Å². The van der Waals surface area contributed by atoms with Crippen LogP contribution in [0.25, 0.3) is 21.3 Å². The van der Waals surface area contributed by atoms with Crippen LogP contribution < -0.4 is 0 Å². The zero-order valence-corrected chi connectivity index (χ0v) is 9.65. The predicted octanol–water partition coefficient (Wildman–Crippen LogP) is 3.17. The topological polar surface area (TPSA) is 42.9 Å². The van der Waals surface area contributed by atoms with Crippen LogP contribution in [0.3, 0.4) is 0 Å². The molecule has 1 heterocycles. The zero-order valence-electron chi connectivity index (χ0n) is 8.83. The van der Waals surface area contributed by atoms with Gasteiger partial charge in [-0.05, 0) is 23.2 Å². The second-order valence-electron chi connectivity index (χ2n) is 3.63. The lowest BCUT2D eigenvalue weighted by Crippen LogP contribution is -1.87. The molecular formula is C13H8N2OS. The van der Waals surface area contributed by atoms with Crippen LogP contribution in [0.15, 0.2) is 42.5 Å². The average Bonchev–Trinajstić information content (AvgIpc) is 2.86. The van der Waals surface area contributed by atoms with Crippen LogP contribution in [-0.2, 0) is 0 Å². The summed E-state index contributed by atoms with van der Waals surface area (Å²) in [7, 11) is 0. The summed E-state index contributed by atoms with van der Waals surface area (Å²) < 4.78 is 4.98. The molecule has 82 valence electrons. The van der Waals surface area contributed by atoms with Crippen LogP contribution in [-0.4, -0.2) is 15.9 Å². The van der Waals surface area contributed by atoms with Gasteiger partial charge in [0.05, 0.1) is 4.70 Å². The highest BCUT2D eigenvalue weighted by Crippen LogP contribution is 2.30. The summed E-state index contributed by atoms with van der Waals surface area (Å²) >= 11 is 1.36. The van der Waals surface area contributed by atoms with E-state index in [0.29, 0.717) is 5.56 Å². The molecule has 0 aliphatic heterocycles. The van der Waals surface area contributed by atoms with Crippen LogP contribution in [0, 0.1) is 0 Å². The van der Waals surface area contributed by atoms with E-state index in [2.05, 4.69) is 9.59 Å². The van der Waals surface area contributed by atoms with Crippen LogP contribution in [0.4, 0.5) is 0 Å². The summed E-state index contributed by atoms with van der Waals surface area (Å²) in [6.45, 7) is 0. The summed E-state index contributed by atoms with van der Waals surface area (Å²) in [5.74, 6) is 0. The Kier molecular flexibility index (Phi) is 2.42. The minimum Gasteiger partial charge on any atom is -0.298 e. The zero-order chi connectivity index (χ0) is 11.7. The Morgan fingerprint density at radius 2 is 1.82 bits per heavy atom. The molecule has 0 N–H and O–H groups in total. The maximum absolute atomic E-state index is 11.0. The number of benzene rings is 2. The molecule has 17 heavy (non-hydrogen) atoms. The number of fused-ring (bicyclic) bond motifs is 1. The van der Waals surface area contributed by atoms with Crippen LogP contribution in [0.5, 0.6) is 0 Å². The number of rotatable bonds is 2. The summed E-state index contributed by atoms with van der Waals surface area (Å²) in [6.07, 6.45) is 0.869. The van der Waals surface area contributed by atoms with E-state index in [4.69, 9.17) is 0 Å².